The van der Waals surface area contributed by atoms with Crippen LogP contribution in [0.2, 0.25) is 0 Å². The maximum Gasteiger partial charge on any atom is 0.231 e. The number of nitriles is 1. The van der Waals surface area contributed by atoms with Gasteiger partial charge in [0.05, 0.1) is 17.6 Å². The number of anilines is 1. The topological polar surface area (TPSA) is 114 Å². The Morgan fingerprint density at radius 1 is 1.34 bits per heavy atom. The van der Waals surface area contributed by atoms with E-state index in [1.54, 1.807) is 17.0 Å². The summed E-state index contributed by atoms with van der Waals surface area (Å²) in [7, 11) is 0. The highest BCUT2D eigenvalue weighted by Gasteiger charge is 2.41. The first kappa shape index (κ1) is 20.6. The third kappa shape index (κ3) is 3.34. The molecular formula is C22H19N5O3S2. The van der Waals surface area contributed by atoms with Crippen molar-refractivity contribution in [3.8, 4) is 17.6 Å². The molecule has 0 radical (unpaired) electrons. The lowest BCUT2D eigenvalue weighted by atomic mass is 9.76. The molecule has 1 aromatic carbocycles. The van der Waals surface area contributed by atoms with Crippen molar-refractivity contribution in [1.29, 1.82) is 5.26 Å². The van der Waals surface area contributed by atoms with Crippen LogP contribution in [0.1, 0.15) is 30.7 Å². The highest BCUT2D eigenvalue weighted by molar-refractivity contribution is 8.01. The number of allylic oxidation sites excluding steroid dienone is 3. The van der Waals surface area contributed by atoms with Crippen LogP contribution in [-0.4, -0.2) is 28.5 Å². The van der Waals surface area contributed by atoms with Crippen LogP contribution in [0.5, 0.6) is 11.5 Å². The molecule has 5 rings (SSSR count). The maximum atomic E-state index is 13.2. The fraction of sp³-hybridized carbons (Fsp3) is 0.273. The van der Waals surface area contributed by atoms with E-state index < -0.39 is 5.92 Å². The number of ketones is 1. The molecule has 2 aromatic rings. The molecule has 1 atom stereocenters. The molecule has 0 saturated heterocycles. The van der Waals surface area contributed by atoms with Gasteiger partial charge in [-0.3, -0.25) is 9.69 Å². The second-order valence-electron chi connectivity index (χ2n) is 7.38. The number of carbonyl (C=O) groups excluding carboxylic acids is 1. The maximum absolute atomic E-state index is 13.2. The van der Waals surface area contributed by atoms with E-state index in [4.69, 9.17) is 15.2 Å². The van der Waals surface area contributed by atoms with Crippen molar-refractivity contribution in [2.75, 3.05) is 17.4 Å². The van der Waals surface area contributed by atoms with Crippen molar-refractivity contribution in [3.63, 3.8) is 0 Å². The summed E-state index contributed by atoms with van der Waals surface area (Å²) in [4.78, 5) is 14.9. The molecule has 8 nitrogen and oxygen atoms in total. The van der Waals surface area contributed by atoms with Gasteiger partial charge < -0.3 is 15.2 Å². The molecule has 1 aliphatic carbocycles. The van der Waals surface area contributed by atoms with E-state index in [1.165, 1.54) is 23.1 Å². The molecule has 0 saturated carbocycles. The Balaban J connectivity index is 1.64. The van der Waals surface area contributed by atoms with Gasteiger partial charge in [-0.25, -0.2) is 0 Å². The second-order valence-corrected chi connectivity index (χ2v) is 9.60. The summed E-state index contributed by atoms with van der Waals surface area (Å²) in [6, 6.07) is 7.75. The van der Waals surface area contributed by atoms with Crippen LogP contribution in [0.15, 0.2) is 57.9 Å². The van der Waals surface area contributed by atoms with E-state index in [9.17, 15) is 10.1 Å². The van der Waals surface area contributed by atoms with Gasteiger partial charge in [0, 0.05) is 23.4 Å². The number of rotatable bonds is 5. The molecule has 0 bridgehead atoms. The first-order chi connectivity index (χ1) is 15.6. The second kappa shape index (κ2) is 8.33. The molecule has 2 aliphatic heterocycles. The molecule has 32 heavy (non-hydrogen) atoms. The zero-order valence-electron chi connectivity index (χ0n) is 17.0. The fourth-order valence-electron chi connectivity index (χ4n) is 4.21. The van der Waals surface area contributed by atoms with Gasteiger partial charge in [-0.05, 0) is 30.5 Å². The number of hydrogen-bond acceptors (Lipinski definition) is 10. The zero-order chi connectivity index (χ0) is 22.2. The molecule has 3 heterocycles. The summed E-state index contributed by atoms with van der Waals surface area (Å²) in [5.41, 5.74) is 9.04. The van der Waals surface area contributed by atoms with Gasteiger partial charge >= 0.3 is 0 Å². The van der Waals surface area contributed by atoms with Gasteiger partial charge in [-0.1, -0.05) is 35.2 Å². The number of carbonyl (C=O) groups is 1. The van der Waals surface area contributed by atoms with E-state index in [0.717, 1.165) is 15.6 Å². The molecule has 0 spiro atoms. The van der Waals surface area contributed by atoms with Crippen molar-refractivity contribution >= 4 is 34.0 Å². The minimum Gasteiger partial charge on any atom is -0.454 e. The van der Waals surface area contributed by atoms with Crippen LogP contribution in [0, 0.1) is 11.3 Å². The molecule has 2 N–H and O–H groups in total. The molecule has 0 amide bonds. The molecule has 162 valence electrons. The molecule has 10 heteroatoms. The third-order valence-corrected chi connectivity index (χ3v) is 7.59. The predicted molar refractivity (Wildman–Crippen MR) is 121 cm³/mol. The number of hydrogen-bond donors (Lipinski definition) is 1. The number of benzene rings is 1. The Morgan fingerprint density at radius 3 is 3.00 bits per heavy atom. The number of ether oxygens (including phenoxy) is 2. The molecule has 1 aromatic heterocycles. The minimum atomic E-state index is -0.559. The summed E-state index contributed by atoms with van der Waals surface area (Å²) in [5, 5.41) is 19.2. The summed E-state index contributed by atoms with van der Waals surface area (Å²) in [6.45, 7) is 3.88. The first-order valence-corrected chi connectivity index (χ1v) is 11.9. The smallest absolute Gasteiger partial charge is 0.231 e. The van der Waals surface area contributed by atoms with Crippen LogP contribution >= 0.6 is 23.1 Å². The van der Waals surface area contributed by atoms with E-state index in [0.29, 0.717) is 52.8 Å². The fourth-order valence-corrected chi connectivity index (χ4v) is 5.85. The number of thioether (sulfide) groups is 1. The van der Waals surface area contributed by atoms with E-state index in [2.05, 4.69) is 22.8 Å². The van der Waals surface area contributed by atoms with Crippen LogP contribution < -0.4 is 20.1 Å². The summed E-state index contributed by atoms with van der Waals surface area (Å²) >= 11 is 2.90. The predicted octanol–water partition coefficient (Wildman–Crippen LogP) is 3.85. The van der Waals surface area contributed by atoms with Gasteiger partial charge in [-0.2, -0.15) is 5.26 Å². The van der Waals surface area contributed by atoms with Crippen molar-refractivity contribution in [1.82, 2.24) is 10.2 Å². The van der Waals surface area contributed by atoms with Gasteiger partial charge in [0.25, 0.3) is 0 Å². The van der Waals surface area contributed by atoms with Crippen LogP contribution in [-0.2, 0) is 4.79 Å². The third-order valence-electron chi connectivity index (χ3n) is 5.56. The van der Waals surface area contributed by atoms with Crippen molar-refractivity contribution in [3.05, 3.63) is 59.1 Å². The standard InChI is InChI=1S/C22H19N5O3S2/c1-2-8-31-22-26-25-21(32-22)27-14-4-3-5-15(28)19(14)18(13(10-23)20(27)24)12-6-7-16-17(9-12)30-11-29-16/h2,6-7,9,18H,1,3-5,8,11,24H2. The largest absolute Gasteiger partial charge is 0.454 e. The monoisotopic (exact) mass is 465 g/mol. The van der Waals surface area contributed by atoms with Crippen LogP contribution in [0.25, 0.3) is 0 Å². The van der Waals surface area contributed by atoms with Crippen molar-refractivity contribution in [2.24, 2.45) is 5.73 Å². The first-order valence-electron chi connectivity index (χ1n) is 10.0. The highest BCUT2D eigenvalue weighted by Crippen LogP contribution is 2.48. The Labute approximate surface area is 193 Å². The van der Waals surface area contributed by atoms with E-state index in [-0.39, 0.29) is 18.4 Å². The summed E-state index contributed by atoms with van der Waals surface area (Å²) in [5.74, 6) is 1.69. The number of aromatic nitrogens is 2. The quantitative estimate of drug-likeness (QED) is 0.519. The zero-order valence-corrected chi connectivity index (χ0v) is 18.7. The van der Waals surface area contributed by atoms with E-state index in [1.807, 2.05) is 12.1 Å². The normalized spacial score (nSPS) is 19.8. The Bertz CT molecular complexity index is 1230. The molecular weight excluding hydrogens is 446 g/mol. The Hall–Kier alpha value is -3.29. The van der Waals surface area contributed by atoms with Gasteiger partial charge in [0.1, 0.15) is 5.82 Å². The van der Waals surface area contributed by atoms with Crippen molar-refractivity contribution < 1.29 is 14.3 Å². The number of fused-ring (bicyclic) bond motifs is 1. The molecule has 1 unspecified atom stereocenters. The average molecular weight is 466 g/mol. The highest BCUT2D eigenvalue weighted by atomic mass is 32.2. The van der Waals surface area contributed by atoms with Gasteiger partial charge in [0.2, 0.25) is 11.9 Å². The molecule has 3 aliphatic rings. The van der Waals surface area contributed by atoms with Gasteiger partial charge in [-0.15, -0.1) is 16.8 Å². The van der Waals surface area contributed by atoms with E-state index >= 15 is 0 Å². The number of Topliss-reactive ketones (excluding diaryl/α,β-unsaturated/α-hetero) is 1. The van der Waals surface area contributed by atoms with Crippen molar-refractivity contribution in [2.45, 2.75) is 29.5 Å². The number of nitrogens with zero attached hydrogens (tertiary/aromatic N) is 4. The summed E-state index contributed by atoms with van der Waals surface area (Å²) in [6.07, 6.45) is 3.61. The lowest BCUT2D eigenvalue weighted by Crippen LogP contribution is -2.38. The minimum absolute atomic E-state index is 0.0185. The van der Waals surface area contributed by atoms with Crippen LogP contribution in [0.4, 0.5) is 5.13 Å². The Morgan fingerprint density at radius 2 is 2.19 bits per heavy atom. The van der Waals surface area contributed by atoms with Crippen LogP contribution in [0.3, 0.4) is 0 Å². The Kier molecular flexibility index (Phi) is 5.36. The lowest BCUT2D eigenvalue weighted by molar-refractivity contribution is -0.116. The van der Waals surface area contributed by atoms with Gasteiger partial charge in [0.15, 0.2) is 21.6 Å². The average Bonchev–Trinajstić information content (AvgIpc) is 3.46. The lowest BCUT2D eigenvalue weighted by Gasteiger charge is -2.38. The summed E-state index contributed by atoms with van der Waals surface area (Å²) < 4.78 is 11.7. The molecule has 0 fully saturated rings. The number of nitrogens with two attached hydrogens (primary N) is 1. The SMILES string of the molecule is C=CCSc1nnc(N2C(N)=C(C#N)C(c3ccc4c(c3)OCO4)C3=C2CCCC3=O)s1.